The Hall–Kier alpha value is -2.41. The molecule has 1 saturated carbocycles. The third-order valence-electron chi connectivity index (χ3n) is 7.69. The zero-order valence-electron chi connectivity index (χ0n) is 21.6. The number of nitrogens with zero attached hydrogens (tertiary/aromatic N) is 2. The fourth-order valence-corrected chi connectivity index (χ4v) is 5.58. The second kappa shape index (κ2) is 12.5. The molecule has 2 fully saturated rings. The van der Waals surface area contributed by atoms with Gasteiger partial charge in [-0.1, -0.05) is 76.8 Å². The van der Waals surface area contributed by atoms with Crippen molar-refractivity contribution in [3.63, 3.8) is 0 Å². The SMILES string of the molecule is CC(C)(C)C(NC(=O)C(CC1CCCC1)CN(O)C=O)C(=O)N1CCC(Cc2ccccc2)CC1. The fourth-order valence-electron chi connectivity index (χ4n) is 5.58. The predicted octanol–water partition coefficient (Wildman–Crippen LogP) is 4.04. The Kier molecular flexibility index (Phi) is 9.72. The number of hydrogen-bond acceptors (Lipinski definition) is 4. The number of hydrogen-bond donors (Lipinski definition) is 2. The topological polar surface area (TPSA) is 90.0 Å². The highest BCUT2D eigenvalue weighted by Gasteiger charge is 2.38. The van der Waals surface area contributed by atoms with E-state index in [2.05, 4.69) is 29.6 Å². The summed E-state index contributed by atoms with van der Waals surface area (Å²) in [4.78, 5) is 39.9. The lowest BCUT2D eigenvalue weighted by molar-refractivity contribution is -0.156. The van der Waals surface area contributed by atoms with E-state index in [0.29, 0.717) is 42.8 Å². The molecule has 2 atom stereocenters. The molecule has 7 nitrogen and oxygen atoms in total. The fraction of sp³-hybridized carbons (Fsp3) is 0.679. The van der Waals surface area contributed by atoms with E-state index in [1.165, 1.54) is 5.56 Å². The standard InChI is InChI=1S/C28H43N3O4/c1-28(2,3)25(29-26(33)24(19-31(35)20-32)18-22-11-7-8-12-22)27(34)30-15-13-23(14-16-30)17-21-9-5-4-6-10-21/h4-6,9-10,20,22-25,35H,7-8,11-19H2,1-3H3,(H,29,33). The van der Waals surface area contributed by atoms with E-state index in [1.807, 2.05) is 31.7 Å². The second-order valence-electron chi connectivity index (χ2n) is 11.6. The van der Waals surface area contributed by atoms with Crippen molar-refractivity contribution in [2.24, 2.45) is 23.2 Å². The zero-order valence-corrected chi connectivity index (χ0v) is 21.6. The van der Waals surface area contributed by atoms with Gasteiger partial charge < -0.3 is 10.2 Å². The van der Waals surface area contributed by atoms with Crippen LogP contribution in [0.4, 0.5) is 0 Å². The van der Waals surface area contributed by atoms with Crippen LogP contribution in [0.5, 0.6) is 0 Å². The maximum absolute atomic E-state index is 13.6. The summed E-state index contributed by atoms with van der Waals surface area (Å²) >= 11 is 0. The Labute approximate surface area is 210 Å². The van der Waals surface area contributed by atoms with E-state index in [-0.39, 0.29) is 18.4 Å². The summed E-state index contributed by atoms with van der Waals surface area (Å²) < 4.78 is 0. The number of carbonyl (C=O) groups excluding carboxylic acids is 3. The van der Waals surface area contributed by atoms with E-state index in [4.69, 9.17) is 0 Å². The summed E-state index contributed by atoms with van der Waals surface area (Å²) in [5.74, 6) is 0.129. The molecule has 3 rings (SSSR count). The van der Waals surface area contributed by atoms with Crippen LogP contribution in [0.1, 0.15) is 71.3 Å². The average Bonchev–Trinajstić information content (AvgIpc) is 3.35. The van der Waals surface area contributed by atoms with Gasteiger partial charge in [-0.2, -0.15) is 0 Å². The van der Waals surface area contributed by atoms with Gasteiger partial charge in [-0.25, -0.2) is 5.06 Å². The van der Waals surface area contributed by atoms with Crippen molar-refractivity contribution in [2.75, 3.05) is 19.6 Å². The number of amides is 3. The minimum Gasteiger partial charge on any atom is -0.344 e. The Morgan fingerprint density at radius 3 is 2.29 bits per heavy atom. The van der Waals surface area contributed by atoms with Crippen molar-refractivity contribution in [3.8, 4) is 0 Å². The Morgan fingerprint density at radius 1 is 1.09 bits per heavy atom. The maximum Gasteiger partial charge on any atom is 0.245 e. The van der Waals surface area contributed by atoms with Gasteiger partial charge in [-0.05, 0) is 48.5 Å². The lowest BCUT2D eigenvalue weighted by Gasteiger charge is -2.39. The molecular formula is C28H43N3O4. The number of carbonyl (C=O) groups is 3. The van der Waals surface area contributed by atoms with Gasteiger partial charge in [0.05, 0.1) is 12.5 Å². The lowest BCUT2D eigenvalue weighted by atomic mass is 9.83. The van der Waals surface area contributed by atoms with Crippen LogP contribution in [0.3, 0.4) is 0 Å². The van der Waals surface area contributed by atoms with Crippen LogP contribution in [0.2, 0.25) is 0 Å². The normalized spacial score (nSPS) is 19.3. The second-order valence-corrected chi connectivity index (χ2v) is 11.6. The molecule has 0 spiro atoms. The highest BCUT2D eigenvalue weighted by molar-refractivity contribution is 5.89. The number of likely N-dealkylation sites (tertiary alicyclic amines) is 1. The molecule has 1 aromatic rings. The van der Waals surface area contributed by atoms with Gasteiger partial charge in [0.15, 0.2) is 0 Å². The molecule has 35 heavy (non-hydrogen) atoms. The molecule has 1 saturated heterocycles. The number of nitrogens with one attached hydrogen (secondary N) is 1. The molecule has 7 heteroatoms. The van der Waals surface area contributed by atoms with E-state index in [1.54, 1.807) is 0 Å². The molecule has 0 aromatic heterocycles. The smallest absolute Gasteiger partial charge is 0.245 e. The highest BCUT2D eigenvalue weighted by Crippen LogP contribution is 2.31. The van der Waals surface area contributed by atoms with Gasteiger partial charge in [-0.3, -0.25) is 19.6 Å². The molecule has 2 unspecified atom stereocenters. The summed E-state index contributed by atoms with van der Waals surface area (Å²) in [5, 5.41) is 13.4. The van der Waals surface area contributed by atoms with E-state index < -0.39 is 17.4 Å². The molecule has 2 N–H and O–H groups in total. The third-order valence-corrected chi connectivity index (χ3v) is 7.69. The van der Waals surface area contributed by atoms with Crippen LogP contribution >= 0.6 is 0 Å². The average molecular weight is 486 g/mol. The van der Waals surface area contributed by atoms with Gasteiger partial charge in [0.1, 0.15) is 6.04 Å². The molecule has 194 valence electrons. The van der Waals surface area contributed by atoms with Crippen LogP contribution in [0.25, 0.3) is 0 Å². The van der Waals surface area contributed by atoms with Crippen LogP contribution in [0.15, 0.2) is 30.3 Å². The largest absolute Gasteiger partial charge is 0.344 e. The van der Waals surface area contributed by atoms with Crippen molar-refractivity contribution in [1.29, 1.82) is 0 Å². The van der Waals surface area contributed by atoms with Crippen LogP contribution in [0, 0.1) is 23.2 Å². The van der Waals surface area contributed by atoms with Gasteiger partial charge in [-0.15, -0.1) is 0 Å². The van der Waals surface area contributed by atoms with E-state index in [9.17, 15) is 19.6 Å². The number of hydroxylamine groups is 2. The lowest BCUT2D eigenvalue weighted by Crippen LogP contribution is -2.57. The van der Waals surface area contributed by atoms with E-state index >= 15 is 0 Å². The molecule has 0 radical (unpaired) electrons. The quantitative estimate of drug-likeness (QED) is 0.297. The highest BCUT2D eigenvalue weighted by atomic mass is 16.5. The van der Waals surface area contributed by atoms with Crippen LogP contribution < -0.4 is 5.32 Å². The molecule has 2 aliphatic rings. The molecule has 1 heterocycles. The van der Waals surface area contributed by atoms with Gasteiger partial charge in [0.2, 0.25) is 18.2 Å². The molecule has 0 bridgehead atoms. The number of rotatable bonds is 10. The molecule has 1 aliphatic heterocycles. The minimum atomic E-state index is -0.657. The Morgan fingerprint density at radius 2 is 1.71 bits per heavy atom. The van der Waals surface area contributed by atoms with Crippen molar-refractivity contribution in [1.82, 2.24) is 15.3 Å². The first-order valence-corrected chi connectivity index (χ1v) is 13.2. The third kappa shape index (κ3) is 8.06. The zero-order chi connectivity index (χ0) is 25.4. The Bertz CT molecular complexity index is 824. The molecule has 1 aliphatic carbocycles. The van der Waals surface area contributed by atoms with Gasteiger partial charge in [0, 0.05) is 13.1 Å². The summed E-state index contributed by atoms with van der Waals surface area (Å²) in [6.07, 6.45) is 8.32. The monoisotopic (exact) mass is 485 g/mol. The molecule has 1 aromatic carbocycles. The number of benzene rings is 1. The van der Waals surface area contributed by atoms with E-state index in [0.717, 1.165) is 44.9 Å². The Balaban J connectivity index is 1.62. The van der Waals surface area contributed by atoms with Crippen molar-refractivity contribution >= 4 is 18.2 Å². The minimum absolute atomic E-state index is 0.0418. The van der Waals surface area contributed by atoms with Crippen molar-refractivity contribution < 1.29 is 19.6 Å². The first-order valence-electron chi connectivity index (χ1n) is 13.2. The van der Waals surface area contributed by atoms with Crippen LogP contribution in [-0.2, 0) is 20.8 Å². The molecular weight excluding hydrogens is 442 g/mol. The summed E-state index contributed by atoms with van der Waals surface area (Å²) in [6, 6.07) is 9.81. The summed E-state index contributed by atoms with van der Waals surface area (Å²) in [6.45, 7) is 7.23. The first-order chi connectivity index (χ1) is 16.7. The van der Waals surface area contributed by atoms with Crippen LogP contribution in [-0.4, -0.2) is 59.1 Å². The summed E-state index contributed by atoms with van der Waals surface area (Å²) in [5.41, 5.74) is 0.869. The molecule has 3 amide bonds. The predicted molar refractivity (Wildman–Crippen MR) is 135 cm³/mol. The van der Waals surface area contributed by atoms with Crippen molar-refractivity contribution in [3.05, 3.63) is 35.9 Å². The summed E-state index contributed by atoms with van der Waals surface area (Å²) in [7, 11) is 0. The first kappa shape index (κ1) is 27.2. The van der Waals surface area contributed by atoms with Gasteiger partial charge >= 0.3 is 0 Å². The maximum atomic E-state index is 13.6. The number of piperidine rings is 1. The van der Waals surface area contributed by atoms with Crippen molar-refractivity contribution in [2.45, 2.75) is 78.2 Å². The van der Waals surface area contributed by atoms with Gasteiger partial charge in [0.25, 0.3) is 0 Å².